The number of nitrogens with zero attached hydrogens (tertiary/aromatic N) is 1. The number of aryl methyl sites for hydroxylation is 1. The van der Waals surface area contributed by atoms with Crippen molar-refractivity contribution in [1.82, 2.24) is 10.2 Å². The van der Waals surface area contributed by atoms with Gasteiger partial charge in [-0.15, -0.1) is 0 Å². The Morgan fingerprint density at radius 1 is 1.20 bits per heavy atom. The van der Waals surface area contributed by atoms with E-state index < -0.39 is 12.0 Å². The van der Waals surface area contributed by atoms with Gasteiger partial charge in [-0.3, -0.25) is 9.69 Å². The van der Waals surface area contributed by atoms with Crippen LogP contribution < -0.4 is 5.32 Å². The molecule has 6 nitrogen and oxygen atoms in total. The van der Waals surface area contributed by atoms with Gasteiger partial charge >= 0.3 is 0 Å². The van der Waals surface area contributed by atoms with Gasteiger partial charge in [0.05, 0.1) is 19.3 Å². The highest BCUT2D eigenvalue weighted by Gasteiger charge is 2.27. The van der Waals surface area contributed by atoms with Gasteiger partial charge in [-0.1, -0.05) is 30.3 Å². The van der Waals surface area contributed by atoms with Crippen molar-refractivity contribution in [3.8, 4) is 0 Å². The number of hydrogen-bond acceptors (Lipinski definition) is 5. The maximum Gasteiger partial charge on any atom is 0.253 e. The van der Waals surface area contributed by atoms with Gasteiger partial charge < -0.3 is 19.6 Å². The number of hydrogen-bond donors (Lipinski definition) is 2. The average Bonchev–Trinajstić information content (AvgIpc) is 3.09. The molecule has 2 unspecified atom stereocenters. The van der Waals surface area contributed by atoms with Gasteiger partial charge in [-0.05, 0) is 24.6 Å². The molecular weight excluding hydrogens is 320 g/mol. The summed E-state index contributed by atoms with van der Waals surface area (Å²) in [5, 5.41) is 13.1. The van der Waals surface area contributed by atoms with Crippen LogP contribution in [0.4, 0.5) is 0 Å². The molecule has 0 saturated carbocycles. The maximum absolute atomic E-state index is 12.3. The summed E-state index contributed by atoms with van der Waals surface area (Å²) >= 11 is 0. The molecule has 2 N–H and O–H groups in total. The summed E-state index contributed by atoms with van der Waals surface area (Å²) in [4.78, 5) is 14.6. The monoisotopic (exact) mass is 344 g/mol. The van der Waals surface area contributed by atoms with E-state index in [0.29, 0.717) is 25.3 Å². The van der Waals surface area contributed by atoms with Gasteiger partial charge in [0, 0.05) is 19.6 Å². The summed E-state index contributed by atoms with van der Waals surface area (Å²) in [6, 6.07) is 12.7. The van der Waals surface area contributed by atoms with Crippen LogP contribution in [0.25, 0.3) is 0 Å². The summed E-state index contributed by atoms with van der Waals surface area (Å²) in [6.07, 6.45) is -1.18. The normalized spacial score (nSPS) is 17.8. The number of carbonyl (C=O) groups is 1. The van der Waals surface area contributed by atoms with E-state index in [1.54, 1.807) is 24.3 Å². The molecule has 25 heavy (non-hydrogen) atoms. The molecule has 1 aliphatic rings. The molecule has 1 amide bonds. The van der Waals surface area contributed by atoms with Crippen LogP contribution in [-0.2, 0) is 9.53 Å². The number of aliphatic hydroxyl groups is 1. The second kappa shape index (κ2) is 8.29. The quantitative estimate of drug-likeness (QED) is 0.836. The van der Waals surface area contributed by atoms with Crippen molar-refractivity contribution >= 4 is 5.91 Å². The number of rotatable bonds is 6. The highest BCUT2D eigenvalue weighted by atomic mass is 16.5. The molecule has 134 valence electrons. The molecule has 6 heteroatoms. The summed E-state index contributed by atoms with van der Waals surface area (Å²) in [7, 11) is 0. The molecule has 2 atom stereocenters. The zero-order valence-corrected chi connectivity index (χ0v) is 14.4. The largest absolute Gasteiger partial charge is 0.465 e. The maximum atomic E-state index is 12.3. The minimum Gasteiger partial charge on any atom is -0.465 e. The van der Waals surface area contributed by atoms with Gasteiger partial charge in [-0.2, -0.15) is 0 Å². The summed E-state index contributed by atoms with van der Waals surface area (Å²) in [5.74, 6) is 1.24. The number of ether oxygens (including phenoxy) is 1. The second-order valence-electron chi connectivity index (χ2n) is 6.17. The second-order valence-corrected chi connectivity index (χ2v) is 6.17. The van der Waals surface area contributed by atoms with Gasteiger partial charge in [0.25, 0.3) is 5.91 Å². The number of furan rings is 1. The van der Waals surface area contributed by atoms with Crippen molar-refractivity contribution in [2.24, 2.45) is 0 Å². The number of amides is 1. The van der Waals surface area contributed by atoms with E-state index in [0.717, 1.165) is 24.6 Å². The van der Waals surface area contributed by atoms with E-state index in [-0.39, 0.29) is 6.04 Å². The Bertz CT molecular complexity index is 680. The molecule has 0 aliphatic carbocycles. The molecule has 1 aromatic carbocycles. The first-order chi connectivity index (χ1) is 12.1. The standard InChI is InChI=1S/C19H24N2O4/c1-14-7-8-17(25-14)16(21-9-11-24-12-10-21)13-20-19(23)18(22)15-5-3-2-4-6-15/h2-8,16,18,22H,9-13H2,1H3,(H,20,23). The van der Waals surface area contributed by atoms with E-state index in [4.69, 9.17) is 9.15 Å². The van der Waals surface area contributed by atoms with Gasteiger partial charge in [0.2, 0.25) is 0 Å². The average molecular weight is 344 g/mol. The third kappa shape index (κ3) is 4.48. The van der Waals surface area contributed by atoms with E-state index in [9.17, 15) is 9.90 Å². The highest BCUT2D eigenvalue weighted by Crippen LogP contribution is 2.23. The summed E-state index contributed by atoms with van der Waals surface area (Å²) < 4.78 is 11.2. The fourth-order valence-corrected chi connectivity index (χ4v) is 3.01. The van der Waals surface area contributed by atoms with Crippen LogP contribution in [0.3, 0.4) is 0 Å². The third-order valence-corrected chi connectivity index (χ3v) is 4.41. The van der Waals surface area contributed by atoms with Crippen molar-refractivity contribution in [3.05, 3.63) is 59.5 Å². The lowest BCUT2D eigenvalue weighted by Crippen LogP contribution is -2.44. The number of benzene rings is 1. The lowest BCUT2D eigenvalue weighted by atomic mass is 10.1. The van der Waals surface area contributed by atoms with Crippen LogP contribution in [0.15, 0.2) is 46.9 Å². The van der Waals surface area contributed by atoms with Crippen LogP contribution in [-0.4, -0.2) is 48.8 Å². The highest BCUT2D eigenvalue weighted by molar-refractivity contribution is 5.81. The number of nitrogens with one attached hydrogen (secondary N) is 1. The lowest BCUT2D eigenvalue weighted by Gasteiger charge is -2.33. The molecule has 1 aromatic heterocycles. The first kappa shape index (κ1) is 17.7. The summed E-state index contributed by atoms with van der Waals surface area (Å²) in [5.41, 5.74) is 0.580. The smallest absolute Gasteiger partial charge is 0.253 e. The van der Waals surface area contributed by atoms with Crippen LogP contribution in [0, 0.1) is 6.92 Å². The van der Waals surface area contributed by atoms with Crippen molar-refractivity contribution in [1.29, 1.82) is 0 Å². The van der Waals surface area contributed by atoms with E-state index in [1.807, 2.05) is 25.1 Å². The number of morpholine rings is 1. The van der Waals surface area contributed by atoms with Crippen LogP contribution in [0.1, 0.15) is 29.2 Å². The van der Waals surface area contributed by atoms with Gasteiger partial charge in [0.1, 0.15) is 11.5 Å². The van der Waals surface area contributed by atoms with Crippen molar-refractivity contribution in [2.75, 3.05) is 32.8 Å². The Labute approximate surface area is 147 Å². The Morgan fingerprint density at radius 2 is 1.92 bits per heavy atom. The molecule has 1 saturated heterocycles. The summed E-state index contributed by atoms with van der Waals surface area (Å²) in [6.45, 7) is 5.16. The molecule has 1 aliphatic heterocycles. The Morgan fingerprint density at radius 3 is 2.56 bits per heavy atom. The van der Waals surface area contributed by atoms with Gasteiger partial charge in [0.15, 0.2) is 6.10 Å². The fraction of sp³-hybridized carbons (Fsp3) is 0.421. The fourth-order valence-electron chi connectivity index (χ4n) is 3.01. The zero-order valence-electron chi connectivity index (χ0n) is 14.4. The molecule has 2 heterocycles. The van der Waals surface area contributed by atoms with Crippen molar-refractivity contribution in [2.45, 2.75) is 19.1 Å². The third-order valence-electron chi connectivity index (χ3n) is 4.41. The topological polar surface area (TPSA) is 74.9 Å². The number of aliphatic hydroxyl groups excluding tert-OH is 1. The van der Waals surface area contributed by atoms with Crippen LogP contribution in [0.2, 0.25) is 0 Å². The van der Waals surface area contributed by atoms with Crippen molar-refractivity contribution < 1.29 is 19.1 Å². The Hall–Kier alpha value is -2.15. The lowest BCUT2D eigenvalue weighted by molar-refractivity contribution is -0.130. The van der Waals surface area contributed by atoms with E-state index in [1.165, 1.54) is 0 Å². The Balaban J connectivity index is 1.66. The van der Waals surface area contributed by atoms with E-state index >= 15 is 0 Å². The Kier molecular flexibility index (Phi) is 5.86. The van der Waals surface area contributed by atoms with E-state index in [2.05, 4.69) is 10.2 Å². The molecule has 0 bridgehead atoms. The molecular formula is C19H24N2O4. The molecule has 1 fully saturated rings. The molecule has 0 radical (unpaired) electrons. The first-order valence-electron chi connectivity index (χ1n) is 8.54. The van der Waals surface area contributed by atoms with Crippen LogP contribution >= 0.6 is 0 Å². The first-order valence-corrected chi connectivity index (χ1v) is 8.54. The van der Waals surface area contributed by atoms with Crippen LogP contribution in [0.5, 0.6) is 0 Å². The predicted octanol–water partition coefficient (Wildman–Crippen LogP) is 1.81. The molecule has 3 rings (SSSR count). The minimum absolute atomic E-state index is 0.0791. The molecule has 2 aromatic rings. The van der Waals surface area contributed by atoms with Crippen molar-refractivity contribution in [3.63, 3.8) is 0 Å². The minimum atomic E-state index is -1.18. The number of carbonyl (C=O) groups excluding carboxylic acids is 1. The molecule has 0 spiro atoms. The SMILES string of the molecule is Cc1ccc(C(CNC(=O)C(O)c2ccccc2)N2CCOCC2)o1. The zero-order chi connectivity index (χ0) is 17.6. The van der Waals surface area contributed by atoms with Gasteiger partial charge in [-0.25, -0.2) is 0 Å². The predicted molar refractivity (Wildman–Crippen MR) is 93.0 cm³/mol.